The lowest BCUT2D eigenvalue weighted by Crippen LogP contribution is -2.36. The predicted octanol–water partition coefficient (Wildman–Crippen LogP) is 1.51. The van der Waals surface area contributed by atoms with E-state index in [9.17, 15) is 0 Å². The molecule has 1 heterocycles. The summed E-state index contributed by atoms with van der Waals surface area (Å²) >= 11 is 0. The summed E-state index contributed by atoms with van der Waals surface area (Å²) in [6.45, 7) is 6.45. The van der Waals surface area contributed by atoms with Crippen LogP contribution in [-0.4, -0.2) is 36.7 Å². The van der Waals surface area contributed by atoms with Crippen LogP contribution in [0.1, 0.15) is 26.7 Å². The minimum Gasteiger partial charge on any atom is -0.377 e. The zero-order valence-corrected chi connectivity index (χ0v) is 8.34. The third-order valence-electron chi connectivity index (χ3n) is 3.44. The highest BCUT2D eigenvalue weighted by Gasteiger charge is 2.60. The number of rotatable bonds is 3. The lowest BCUT2D eigenvalue weighted by atomic mass is 10.2. The van der Waals surface area contributed by atoms with Gasteiger partial charge in [-0.05, 0) is 46.2 Å². The molecular weight excluding hydrogens is 150 g/mol. The van der Waals surface area contributed by atoms with Gasteiger partial charge in [-0.25, -0.2) is 0 Å². The summed E-state index contributed by atoms with van der Waals surface area (Å²) in [7, 11) is 2.23. The molecule has 12 heavy (non-hydrogen) atoms. The number of likely N-dealkylation sites (tertiary alicyclic amines) is 1. The van der Waals surface area contributed by atoms with Gasteiger partial charge in [0.15, 0.2) is 0 Å². The van der Waals surface area contributed by atoms with Gasteiger partial charge in [0.1, 0.15) is 0 Å². The summed E-state index contributed by atoms with van der Waals surface area (Å²) in [6.07, 6.45) is 3.14. The maximum absolute atomic E-state index is 5.70. The average Bonchev–Trinajstić information content (AvgIpc) is 2.65. The van der Waals surface area contributed by atoms with Crippen molar-refractivity contribution in [3.63, 3.8) is 0 Å². The highest BCUT2D eigenvalue weighted by Crippen LogP contribution is 2.54. The zero-order chi connectivity index (χ0) is 8.77. The molecule has 0 spiro atoms. The SMILES string of the molecule is CC(C)OCC12CC1CCN2C. The first kappa shape index (κ1) is 8.52. The highest BCUT2D eigenvalue weighted by molar-refractivity contribution is 5.15. The lowest BCUT2D eigenvalue weighted by Gasteiger charge is -2.24. The number of piperidine rings is 1. The lowest BCUT2D eigenvalue weighted by molar-refractivity contribution is 0.0285. The first-order chi connectivity index (χ1) is 5.65. The largest absolute Gasteiger partial charge is 0.377 e. The van der Waals surface area contributed by atoms with E-state index in [1.807, 2.05) is 0 Å². The van der Waals surface area contributed by atoms with E-state index in [0.29, 0.717) is 11.6 Å². The fourth-order valence-corrected chi connectivity index (χ4v) is 2.38. The van der Waals surface area contributed by atoms with Gasteiger partial charge in [-0.15, -0.1) is 0 Å². The first-order valence-electron chi connectivity index (χ1n) is 4.98. The van der Waals surface area contributed by atoms with Gasteiger partial charge in [-0.3, -0.25) is 4.90 Å². The average molecular weight is 169 g/mol. The van der Waals surface area contributed by atoms with Crippen LogP contribution in [0, 0.1) is 5.92 Å². The van der Waals surface area contributed by atoms with Crippen LogP contribution in [-0.2, 0) is 4.74 Å². The van der Waals surface area contributed by atoms with E-state index in [2.05, 4.69) is 25.8 Å². The topological polar surface area (TPSA) is 12.5 Å². The highest BCUT2D eigenvalue weighted by atomic mass is 16.5. The Bertz CT molecular complexity index is 181. The van der Waals surface area contributed by atoms with E-state index < -0.39 is 0 Å². The molecule has 2 heteroatoms. The number of fused-ring (bicyclic) bond motifs is 1. The van der Waals surface area contributed by atoms with Crippen LogP contribution in [0.5, 0.6) is 0 Å². The van der Waals surface area contributed by atoms with Crippen LogP contribution in [0.3, 0.4) is 0 Å². The Morgan fingerprint density at radius 1 is 1.58 bits per heavy atom. The fraction of sp³-hybridized carbons (Fsp3) is 1.00. The number of likely N-dealkylation sites (N-methyl/N-ethyl adjacent to an activating group) is 1. The zero-order valence-electron chi connectivity index (χ0n) is 8.34. The molecule has 0 N–H and O–H groups in total. The van der Waals surface area contributed by atoms with Crippen molar-refractivity contribution in [2.45, 2.75) is 38.3 Å². The fourth-order valence-electron chi connectivity index (χ4n) is 2.38. The quantitative estimate of drug-likeness (QED) is 0.635. The van der Waals surface area contributed by atoms with E-state index in [1.165, 1.54) is 19.4 Å². The monoisotopic (exact) mass is 169 g/mol. The van der Waals surface area contributed by atoms with E-state index in [1.54, 1.807) is 0 Å². The number of nitrogens with zero attached hydrogens (tertiary/aromatic N) is 1. The van der Waals surface area contributed by atoms with Gasteiger partial charge < -0.3 is 4.74 Å². The summed E-state index contributed by atoms with van der Waals surface area (Å²) in [4.78, 5) is 2.49. The molecule has 1 saturated heterocycles. The van der Waals surface area contributed by atoms with Crippen molar-refractivity contribution >= 4 is 0 Å². The molecular formula is C10H19NO. The molecule has 0 amide bonds. The minimum absolute atomic E-state index is 0.384. The van der Waals surface area contributed by atoms with Crippen molar-refractivity contribution < 1.29 is 4.74 Å². The molecule has 2 rings (SSSR count). The molecule has 0 radical (unpaired) electrons. The molecule has 2 nitrogen and oxygen atoms in total. The maximum atomic E-state index is 5.70. The van der Waals surface area contributed by atoms with Crippen molar-refractivity contribution in [3.05, 3.63) is 0 Å². The van der Waals surface area contributed by atoms with Gasteiger partial charge >= 0.3 is 0 Å². The summed E-state index contributed by atoms with van der Waals surface area (Å²) in [5.74, 6) is 0.946. The Labute approximate surface area is 74.9 Å². The summed E-state index contributed by atoms with van der Waals surface area (Å²) < 4.78 is 5.70. The van der Waals surface area contributed by atoms with Gasteiger partial charge in [-0.1, -0.05) is 0 Å². The number of hydrogen-bond donors (Lipinski definition) is 0. The Balaban J connectivity index is 1.87. The molecule has 1 aliphatic heterocycles. The van der Waals surface area contributed by atoms with E-state index >= 15 is 0 Å². The third-order valence-corrected chi connectivity index (χ3v) is 3.44. The molecule has 70 valence electrons. The second-order valence-electron chi connectivity index (χ2n) is 4.57. The number of ether oxygens (including phenoxy) is 1. The summed E-state index contributed by atoms with van der Waals surface area (Å²) in [5, 5.41) is 0. The van der Waals surface area contributed by atoms with Gasteiger partial charge in [-0.2, -0.15) is 0 Å². The van der Waals surface area contributed by atoms with Crippen LogP contribution in [0.15, 0.2) is 0 Å². The predicted molar refractivity (Wildman–Crippen MR) is 49.2 cm³/mol. The summed E-state index contributed by atoms with van der Waals surface area (Å²) in [6, 6.07) is 0. The van der Waals surface area contributed by atoms with Gasteiger partial charge in [0.2, 0.25) is 0 Å². The molecule has 2 atom stereocenters. The second-order valence-corrected chi connectivity index (χ2v) is 4.57. The molecule has 0 aromatic heterocycles. The molecule has 0 aromatic carbocycles. The van der Waals surface area contributed by atoms with Crippen molar-refractivity contribution in [1.82, 2.24) is 4.90 Å². The second kappa shape index (κ2) is 2.71. The van der Waals surface area contributed by atoms with E-state index in [4.69, 9.17) is 4.74 Å². The Kier molecular flexibility index (Phi) is 1.92. The Morgan fingerprint density at radius 3 is 2.75 bits per heavy atom. The molecule has 2 aliphatic rings. The molecule has 1 saturated carbocycles. The van der Waals surface area contributed by atoms with Crippen molar-refractivity contribution in [3.8, 4) is 0 Å². The third kappa shape index (κ3) is 1.17. The number of hydrogen-bond acceptors (Lipinski definition) is 2. The molecule has 2 fully saturated rings. The van der Waals surface area contributed by atoms with Crippen molar-refractivity contribution in [1.29, 1.82) is 0 Å². The van der Waals surface area contributed by atoms with Crippen LogP contribution in [0.4, 0.5) is 0 Å². The minimum atomic E-state index is 0.384. The maximum Gasteiger partial charge on any atom is 0.0656 e. The smallest absolute Gasteiger partial charge is 0.0656 e. The van der Waals surface area contributed by atoms with Gasteiger partial charge in [0, 0.05) is 5.54 Å². The standard InChI is InChI=1S/C10H19NO/c1-8(2)12-7-10-6-9(10)4-5-11(10)3/h8-9H,4-7H2,1-3H3. The van der Waals surface area contributed by atoms with Crippen molar-refractivity contribution in [2.24, 2.45) is 5.92 Å². The van der Waals surface area contributed by atoms with Crippen molar-refractivity contribution in [2.75, 3.05) is 20.2 Å². The van der Waals surface area contributed by atoms with E-state index in [0.717, 1.165) is 12.5 Å². The molecule has 0 aromatic rings. The van der Waals surface area contributed by atoms with Gasteiger partial charge in [0.25, 0.3) is 0 Å². The van der Waals surface area contributed by atoms with Crippen LogP contribution in [0.2, 0.25) is 0 Å². The van der Waals surface area contributed by atoms with Crippen LogP contribution < -0.4 is 0 Å². The Morgan fingerprint density at radius 2 is 2.33 bits per heavy atom. The molecule has 1 aliphatic carbocycles. The normalized spacial score (nSPS) is 40.5. The molecule has 0 bridgehead atoms. The first-order valence-corrected chi connectivity index (χ1v) is 4.98. The van der Waals surface area contributed by atoms with Gasteiger partial charge in [0.05, 0.1) is 12.7 Å². The van der Waals surface area contributed by atoms with Crippen LogP contribution >= 0.6 is 0 Å². The van der Waals surface area contributed by atoms with E-state index in [-0.39, 0.29) is 0 Å². The molecule has 2 unspecified atom stereocenters. The van der Waals surface area contributed by atoms with Crippen LogP contribution in [0.25, 0.3) is 0 Å². The summed E-state index contributed by atoms with van der Waals surface area (Å²) in [5.41, 5.74) is 0.463. The Hall–Kier alpha value is -0.0800.